The predicted molar refractivity (Wildman–Crippen MR) is 50.8 cm³/mol. The number of rotatable bonds is 3. The Morgan fingerprint density at radius 3 is 2.62 bits per heavy atom. The Balaban J connectivity index is 2.87. The molecule has 74 valence electrons. The Labute approximate surface area is 77.5 Å². The Hall–Kier alpha value is -1.04. The average Bonchev–Trinajstić information content (AvgIpc) is 2.30. The van der Waals surface area contributed by atoms with Gasteiger partial charge in [0, 0.05) is 18.9 Å². The molecule has 0 atom stereocenters. The van der Waals surface area contributed by atoms with Crippen LogP contribution in [0.15, 0.2) is 6.07 Å². The molecule has 13 heavy (non-hydrogen) atoms. The van der Waals surface area contributed by atoms with E-state index in [4.69, 9.17) is 5.73 Å². The second kappa shape index (κ2) is 3.37. The summed E-state index contributed by atoms with van der Waals surface area (Å²) in [6, 6.07) is 1.58. The molecule has 1 heterocycles. The lowest BCUT2D eigenvalue weighted by Gasteiger charge is -1.95. The van der Waals surface area contributed by atoms with Crippen molar-refractivity contribution >= 4 is 15.7 Å². The topological polar surface area (TPSA) is 78.0 Å². The third-order valence-electron chi connectivity index (χ3n) is 1.77. The van der Waals surface area contributed by atoms with Crippen molar-refractivity contribution in [3.8, 4) is 0 Å². The van der Waals surface area contributed by atoms with Gasteiger partial charge in [-0.05, 0) is 0 Å². The summed E-state index contributed by atoms with van der Waals surface area (Å²) in [6.07, 6.45) is 0. The van der Waals surface area contributed by atoms with E-state index in [-0.39, 0.29) is 11.5 Å². The van der Waals surface area contributed by atoms with Gasteiger partial charge in [0.15, 0.2) is 9.84 Å². The number of sulfone groups is 1. The molecule has 0 bridgehead atoms. The van der Waals surface area contributed by atoms with Crippen LogP contribution in [0.5, 0.6) is 0 Å². The molecule has 0 aliphatic rings. The number of aryl methyl sites for hydroxylation is 1. The second-order valence-corrected chi connectivity index (χ2v) is 5.21. The van der Waals surface area contributed by atoms with Crippen molar-refractivity contribution in [1.29, 1.82) is 0 Å². The lowest BCUT2D eigenvalue weighted by Crippen LogP contribution is -2.07. The van der Waals surface area contributed by atoms with Gasteiger partial charge in [-0.25, -0.2) is 8.42 Å². The van der Waals surface area contributed by atoms with Gasteiger partial charge < -0.3 is 5.73 Å². The molecule has 0 aliphatic carbocycles. The third-order valence-corrected chi connectivity index (χ3v) is 3.39. The van der Waals surface area contributed by atoms with Crippen molar-refractivity contribution in [2.24, 2.45) is 7.05 Å². The summed E-state index contributed by atoms with van der Waals surface area (Å²) < 4.78 is 23.9. The minimum Gasteiger partial charge on any atom is -0.384 e. The zero-order valence-corrected chi connectivity index (χ0v) is 8.50. The minimum absolute atomic E-state index is 0.0332. The largest absolute Gasteiger partial charge is 0.384 e. The number of anilines is 1. The van der Waals surface area contributed by atoms with Gasteiger partial charge in [-0.1, -0.05) is 6.92 Å². The fraction of sp³-hybridized carbons (Fsp3) is 0.571. The molecule has 0 fully saturated rings. The third kappa shape index (κ3) is 2.45. The van der Waals surface area contributed by atoms with Crippen LogP contribution in [0.1, 0.15) is 12.6 Å². The van der Waals surface area contributed by atoms with Crippen molar-refractivity contribution in [2.45, 2.75) is 12.7 Å². The van der Waals surface area contributed by atoms with E-state index in [0.29, 0.717) is 11.5 Å². The molecule has 5 nitrogen and oxygen atoms in total. The second-order valence-electron chi connectivity index (χ2n) is 2.86. The quantitative estimate of drug-likeness (QED) is 0.746. The molecule has 0 saturated heterocycles. The van der Waals surface area contributed by atoms with E-state index in [1.54, 1.807) is 20.0 Å². The molecule has 6 heteroatoms. The monoisotopic (exact) mass is 203 g/mol. The number of aromatic nitrogens is 2. The van der Waals surface area contributed by atoms with E-state index in [0.717, 1.165) is 0 Å². The van der Waals surface area contributed by atoms with Crippen LogP contribution in [0, 0.1) is 0 Å². The van der Waals surface area contributed by atoms with E-state index in [2.05, 4.69) is 5.10 Å². The summed E-state index contributed by atoms with van der Waals surface area (Å²) >= 11 is 0. The maximum atomic E-state index is 11.2. The van der Waals surface area contributed by atoms with Crippen LogP contribution in [0.4, 0.5) is 5.82 Å². The molecule has 0 amide bonds. The van der Waals surface area contributed by atoms with Crippen LogP contribution in [0.3, 0.4) is 0 Å². The van der Waals surface area contributed by atoms with Gasteiger partial charge in [0.25, 0.3) is 0 Å². The van der Waals surface area contributed by atoms with E-state index in [1.807, 2.05) is 0 Å². The van der Waals surface area contributed by atoms with E-state index < -0.39 is 9.84 Å². The molecule has 0 saturated carbocycles. The normalized spacial score (nSPS) is 11.8. The van der Waals surface area contributed by atoms with Crippen LogP contribution in [0.25, 0.3) is 0 Å². The molecule has 1 aromatic rings. The van der Waals surface area contributed by atoms with Crippen molar-refractivity contribution < 1.29 is 8.42 Å². The van der Waals surface area contributed by atoms with Gasteiger partial charge >= 0.3 is 0 Å². The SMILES string of the molecule is CCS(=O)(=O)Cc1cc(N)n(C)n1. The summed E-state index contributed by atoms with van der Waals surface area (Å²) in [4.78, 5) is 0. The molecule has 0 spiro atoms. The number of hydrogen-bond acceptors (Lipinski definition) is 4. The zero-order chi connectivity index (χ0) is 10.1. The molecule has 0 radical (unpaired) electrons. The smallest absolute Gasteiger partial charge is 0.155 e. The fourth-order valence-electron chi connectivity index (χ4n) is 0.941. The van der Waals surface area contributed by atoms with Crippen LogP contribution < -0.4 is 5.73 Å². The molecular weight excluding hydrogens is 190 g/mol. The van der Waals surface area contributed by atoms with E-state index in [1.165, 1.54) is 4.68 Å². The number of nitrogens with two attached hydrogens (primary N) is 1. The Kier molecular flexibility index (Phi) is 2.60. The van der Waals surface area contributed by atoms with Crippen LogP contribution >= 0.6 is 0 Å². The van der Waals surface area contributed by atoms with Crippen LogP contribution in [-0.4, -0.2) is 24.0 Å². The lowest BCUT2D eigenvalue weighted by molar-refractivity contribution is 0.595. The lowest BCUT2D eigenvalue weighted by atomic mass is 10.5. The van der Waals surface area contributed by atoms with Crippen LogP contribution in [0.2, 0.25) is 0 Å². The maximum Gasteiger partial charge on any atom is 0.155 e. The molecule has 2 N–H and O–H groups in total. The van der Waals surface area contributed by atoms with Gasteiger partial charge in [-0.15, -0.1) is 0 Å². The standard InChI is InChI=1S/C7H13N3O2S/c1-3-13(11,12)5-6-4-7(8)10(2)9-6/h4H,3,5,8H2,1-2H3. The molecule has 0 aromatic carbocycles. The first-order valence-electron chi connectivity index (χ1n) is 3.93. The highest BCUT2D eigenvalue weighted by Gasteiger charge is 2.12. The molecule has 1 rings (SSSR count). The first kappa shape index (κ1) is 10.0. The maximum absolute atomic E-state index is 11.2. The highest BCUT2D eigenvalue weighted by Crippen LogP contribution is 2.08. The van der Waals surface area contributed by atoms with Gasteiger partial charge in [0.2, 0.25) is 0 Å². The van der Waals surface area contributed by atoms with Crippen molar-refractivity contribution in [2.75, 3.05) is 11.5 Å². The summed E-state index contributed by atoms with van der Waals surface area (Å²) in [7, 11) is -1.33. The molecule has 0 aliphatic heterocycles. The Bertz CT molecular complexity index is 374. The van der Waals surface area contributed by atoms with Gasteiger partial charge in [0.05, 0.1) is 11.4 Å². The summed E-state index contributed by atoms with van der Waals surface area (Å²) in [5, 5.41) is 3.96. The first-order valence-corrected chi connectivity index (χ1v) is 5.75. The average molecular weight is 203 g/mol. The fourth-order valence-corrected chi connectivity index (χ4v) is 1.74. The Morgan fingerprint density at radius 1 is 1.62 bits per heavy atom. The van der Waals surface area contributed by atoms with Crippen molar-refractivity contribution in [3.63, 3.8) is 0 Å². The van der Waals surface area contributed by atoms with Crippen molar-refractivity contribution in [3.05, 3.63) is 11.8 Å². The van der Waals surface area contributed by atoms with Gasteiger partial charge in [-0.3, -0.25) is 4.68 Å². The number of hydrogen-bond donors (Lipinski definition) is 1. The van der Waals surface area contributed by atoms with Crippen molar-refractivity contribution in [1.82, 2.24) is 9.78 Å². The molecular formula is C7H13N3O2S. The van der Waals surface area contributed by atoms with Crippen LogP contribution in [-0.2, 0) is 22.6 Å². The highest BCUT2D eigenvalue weighted by molar-refractivity contribution is 7.90. The zero-order valence-electron chi connectivity index (χ0n) is 7.69. The highest BCUT2D eigenvalue weighted by atomic mass is 32.2. The molecule has 0 unspecified atom stereocenters. The first-order chi connectivity index (χ1) is 5.94. The van der Waals surface area contributed by atoms with E-state index in [9.17, 15) is 8.42 Å². The van der Waals surface area contributed by atoms with Gasteiger partial charge in [-0.2, -0.15) is 5.10 Å². The summed E-state index contributed by atoms with van der Waals surface area (Å²) in [5.41, 5.74) is 6.01. The van der Waals surface area contributed by atoms with Gasteiger partial charge in [0.1, 0.15) is 5.82 Å². The van der Waals surface area contributed by atoms with E-state index >= 15 is 0 Å². The molecule has 1 aromatic heterocycles. The minimum atomic E-state index is -3.01. The summed E-state index contributed by atoms with van der Waals surface area (Å²) in [5.74, 6) is 0.569. The number of nitrogens with zero attached hydrogens (tertiary/aromatic N) is 2. The number of nitrogen functional groups attached to an aromatic ring is 1. The Morgan fingerprint density at radius 2 is 2.23 bits per heavy atom. The predicted octanol–water partition coefficient (Wildman–Crippen LogP) is -0.0630. The summed E-state index contributed by atoms with van der Waals surface area (Å²) in [6.45, 7) is 1.61.